The molecule has 0 aromatic rings. The summed E-state index contributed by atoms with van der Waals surface area (Å²) in [5.41, 5.74) is 1.81. The second kappa shape index (κ2) is 3.86. The SMILES string of the molecule is C/C=C1/C(=O)N2C(OC(=O)O)=C3CCCC[C@@H]3[C@H]12. The summed E-state index contributed by atoms with van der Waals surface area (Å²) in [5.74, 6) is 0.436. The Labute approximate surface area is 105 Å². The van der Waals surface area contributed by atoms with Crippen molar-refractivity contribution < 1.29 is 19.4 Å². The van der Waals surface area contributed by atoms with Crippen molar-refractivity contribution in [3.8, 4) is 0 Å². The number of hydrogen-bond acceptors (Lipinski definition) is 3. The van der Waals surface area contributed by atoms with Gasteiger partial charge in [0.05, 0.1) is 6.04 Å². The molecule has 2 atom stereocenters. The first-order valence-electron chi connectivity index (χ1n) is 6.28. The smallest absolute Gasteiger partial charge is 0.449 e. The van der Waals surface area contributed by atoms with E-state index in [0.717, 1.165) is 36.8 Å². The van der Waals surface area contributed by atoms with E-state index in [-0.39, 0.29) is 23.8 Å². The molecule has 3 aliphatic rings. The zero-order valence-electron chi connectivity index (χ0n) is 10.2. The highest BCUT2D eigenvalue weighted by atomic mass is 16.7. The maximum Gasteiger partial charge on any atom is 0.512 e. The van der Waals surface area contributed by atoms with Crippen LogP contribution in [0.5, 0.6) is 0 Å². The summed E-state index contributed by atoms with van der Waals surface area (Å²) in [5, 5.41) is 8.79. The van der Waals surface area contributed by atoms with Gasteiger partial charge in [-0.15, -0.1) is 0 Å². The predicted octanol–water partition coefficient (Wildman–Crippen LogP) is 2.25. The molecule has 5 heteroatoms. The minimum Gasteiger partial charge on any atom is -0.449 e. The Morgan fingerprint density at radius 2 is 2.28 bits per heavy atom. The number of carboxylic acid groups (broad SMARTS) is 1. The first-order chi connectivity index (χ1) is 8.65. The number of carbonyl (C=O) groups excluding carboxylic acids is 1. The Hall–Kier alpha value is -1.78. The minimum atomic E-state index is -1.34. The zero-order chi connectivity index (χ0) is 12.9. The van der Waals surface area contributed by atoms with Crippen molar-refractivity contribution in [2.24, 2.45) is 5.92 Å². The largest absolute Gasteiger partial charge is 0.512 e. The van der Waals surface area contributed by atoms with Crippen LogP contribution in [-0.2, 0) is 9.53 Å². The Morgan fingerprint density at radius 3 is 2.94 bits per heavy atom. The molecule has 2 fully saturated rings. The summed E-state index contributed by atoms with van der Waals surface area (Å²) >= 11 is 0. The lowest BCUT2D eigenvalue weighted by molar-refractivity contribution is -0.136. The van der Waals surface area contributed by atoms with Gasteiger partial charge in [-0.2, -0.15) is 0 Å². The average Bonchev–Trinajstić information content (AvgIpc) is 2.61. The van der Waals surface area contributed by atoms with Crippen LogP contribution in [0.3, 0.4) is 0 Å². The van der Waals surface area contributed by atoms with E-state index in [2.05, 4.69) is 0 Å². The maximum atomic E-state index is 12.0. The molecule has 0 spiro atoms. The molecule has 2 aliphatic heterocycles. The molecule has 1 N–H and O–H groups in total. The van der Waals surface area contributed by atoms with Crippen LogP contribution in [0.15, 0.2) is 23.1 Å². The molecule has 1 amide bonds. The monoisotopic (exact) mass is 249 g/mol. The van der Waals surface area contributed by atoms with Gasteiger partial charge in [-0.3, -0.25) is 9.69 Å². The molecule has 0 unspecified atom stereocenters. The summed E-state index contributed by atoms with van der Waals surface area (Å²) < 4.78 is 4.85. The Bertz CT molecular complexity index is 491. The van der Waals surface area contributed by atoms with Crippen molar-refractivity contribution in [2.75, 3.05) is 0 Å². The molecule has 0 bridgehead atoms. The van der Waals surface area contributed by atoms with Gasteiger partial charge in [0.15, 0.2) is 0 Å². The van der Waals surface area contributed by atoms with Crippen LogP contribution in [0, 0.1) is 5.92 Å². The summed E-state index contributed by atoms with van der Waals surface area (Å²) in [6.45, 7) is 1.85. The van der Waals surface area contributed by atoms with Crippen molar-refractivity contribution >= 4 is 12.1 Å². The Balaban J connectivity index is 1.99. The molecule has 1 aliphatic carbocycles. The van der Waals surface area contributed by atoms with E-state index in [1.807, 2.05) is 13.0 Å². The van der Waals surface area contributed by atoms with Crippen LogP contribution < -0.4 is 0 Å². The van der Waals surface area contributed by atoms with Crippen LogP contribution in [-0.4, -0.2) is 28.1 Å². The number of rotatable bonds is 1. The van der Waals surface area contributed by atoms with Crippen LogP contribution in [0.1, 0.15) is 32.6 Å². The number of ether oxygens (including phenoxy) is 1. The third-order valence-electron chi connectivity index (χ3n) is 4.09. The normalized spacial score (nSPS) is 32.2. The lowest BCUT2D eigenvalue weighted by Crippen LogP contribution is -2.54. The standard InChI is InChI=1S/C13H15NO4/c1-2-7-10-8-5-3-4-6-9(8)12(18-13(16)17)14(10)11(7)15/h2,8,10H,3-6H2,1H3,(H,16,17)/b7-2+/t8-,10-/m0/s1. The highest BCUT2D eigenvalue weighted by molar-refractivity contribution is 6.04. The van der Waals surface area contributed by atoms with Gasteiger partial charge in [0.2, 0.25) is 5.88 Å². The van der Waals surface area contributed by atoms with Gasteiger partial charge in [-0.05, 0) is 31.8 Å². The summed E-state index contributed by atoms with van der Waals surface area (Å²) in [6.07, 6.45) is 4.50. The maximum absolute atomic E-state index is 12.0. The van der Waals surface area contributed by atoms with Gasteiger partial charge in [-0.1, -0.05) is 12.5 Å². The highest BCUT2D eigenvalue weighted by Gasteiger charge is 2.56. The van der Waals surface area contributed by atoms with Crippen LogP contribution in [0.4, 0.5) is 4.79 Å². The fourth-order valence-electron chi connectivity index (χ4n) is 3.38. The Morgan fingerprint density at radius 1 is 1.50 bits per heavy atom. The number of allylic oxidation sites excluding steroid dienone is 1. The summed E-state index contributed by atoms with van der Waals surface area (Å²) in [4.78, 5) is 24.2. The van der Waals surface area contributed by atoms with Crippen molar-refractivity contribution in [3.63, 3.8) is 0 Å². The molecule has 0 radical (unpaired) electrons. The lowest BCUT2D eigenvalue weighted by atomic mass is 9.77. The second-order valence-corrected chi connectivity index (χ2v) is 4.91. The van der Waals surface area contributed by atoms with E-state index in [1.54, 1.807) is 0 Å². The number of amides is 1. The fourth-order valence-corrected chi connectivity index (χ4v) is 3.38. The number of fused-ring (bicyclic) bond motifs is 3. The first kappa shape index (κ1) is 11.3. The molecule has 3 rings (SSSR count). The summed E-state index contributed by atoms with van der Waals surface area (Å²) in [7, 11) is 0. The zero-order valence-corrected chi connectivity index (χ0v) is 10.2. The van der Waals surface area contributed by atoms with Gasteiger partial charge in [0.25, 0.3) is 5.91 Å². The van der Waals surface area contributed by atoms with Crippen molar-refractivity contribution in [3.05, 3.63) is 23.1 Å². The second-order valence-electron chi connectivity index (χ2n) is 4.91. The van der Waals surface area contributed by atoms with E-state index in [1.165, 1.54) is 4.90 Å². The number of hydrogen-bond donors (Lipinski definition) is 1. The van der Waals surface area contributed by atoms with Gasteiger partial charge < -0.3 is 9.84 Å². The van der Waals surface area contributed by atoms with Crippen molar-refractivity contribution in [1.29, 1.82) is 0 Å². The van der Waals surface area contributed by atoms with E-state index in [0.29, 0.717) is 0 Å². The quantitative estimate of drug-likeness (QED) is 0.439. The van der Waals surface area contributed by atoms with E-state index in [4.69, 9.17) is 9.84 Å². The number of β-lactam (4-membered cyclic amide) rings is 1. The molecule has 96 valence electrons. The third kappa shape index (κ3) is 1.33. The van der Waals surface area contributed by atoms with Crippen molar-refractivity contribution in [1.82, 2.24) is 4.90 Å². The molecular formula is C13H15NO4. The minimum absolute atomic E-state index is 0.0205. The lowest BCUT2D eigenvalue weighted by Gasteiger charge is -2.41. The fraction of sp³-hybridized carbons (Fsp3) is 0.538. The van der Waals surface area contributed by atoms with Crippen molar-refractivity contribution in [2.45, 2.75) is 38.6 Å². The predicted molar refractivity (Wildman–Crippen MR) is 62.5 cm³/mol. The van der Waals surface area contributed by atoms with Gasteiger partial charge >= 0.3 is 6.16 Å². The van der Waals surface area contributed by atoms with Crippen LogP contribution >= 0.6 is 0 Å². The molecule has 0 aromatic carbocycles. The third-order valence-corrected chi connectivity index (χ3v) is 4.09. The molecule has 2 heterocycles. The molecule has 1 saturated heterocycles. The molecule has 5 nitrogen and oxygen atoms in total. The van der Waals surface area contributed by atoms with E-state index in [9.17, 15) is 9.59 Å². The highest BCUT2D eigenvalue weighted by Crippen LogP contribution is 2.51. The van der Waals surface area contributed by atoms with Crippen LogP contribution in [0.2, 0.25) is 0 Å². The first-order valence-corrected chi connectivity index (χ1v) is 6.28. The van der Waals surface area contributed by atoms with Gasteiger partial charge in [0, 0.05) is 11.5 Å². The molecule has 1 saturated carbocycles. The van der Waals surface area contributed by atoms with E-state index < -0.39 is 6.16 Å². The molecular weight excluding hydrogens is 234 g/mol. The molecule has 18 heavy (non-hydrogen) atoms. The molecule has 0 aromatic heterocycles. The van der Waals surface area contributed by atoms with Crippen LogP contribution in [0.25, 0.3) is 0 Å². The van der Waals surface area contributed by atoms with E-state index >= 15 is 0 Å². The average molecular weight is 249 g/mol. The number of nitrogens with zero attached hydrogens (tertiary/aromatic N) is 1. The Kier molecular flexibility index (Phi) is 2.43. The van der Waals surface area contributed by atoms with Gasteiger partial charge in [-0.25, -0.2) is 4.79 Å². The summed E-state index contributed by atoms with van der Waals surface area (Å²) in [6, 6.07) is 0.0205. The topological polar surface area (TPSA) is 66.8 Å². The van der Waals surface area contributed by atoms with Gasteiger partial charge in [0.1, 0.15) is 0 Å². The number of carbonyl (C=O) groups is 2.